The Labute approximate surface area is 159 Å². The second kappa shape index (κ2) is 12.6. The third kappa shape index (κ3) is 8.02. The SMILES string of the molecule is CN(C)Cc1cccc(Cn2ccnc2C2CCOC2)c1.O=CO.O=CO. The van der Waals surface area contributed by atoms with Crippen molar-refractivity contribution in [2.75, 3.05) is 27.3 Å². The summed E-state index contributed by atoms with van der Waals surface area (Å²) in [5.41, 5.74) is 2.68. The third-order valence-electron chi connectivity index (χ3n) is 3.89. The van der Waals surface area contributed by atoms with Gasteiger partial charge in [0.15, 0.2) is 0 Å². The Morgan fingerprint density at radius 3 is 2.52 bits per heavy atom. The first-order valence-electron chi connectivity index (χ1n) is 8.52. The highest BCUT2D eigenvalue weighted by molar-refractivity contribution is 5.33. The number of hydrogen-bond acceptors (Lipinski definition) is 5. The Balaban J connectivity index is 0.000000540. The standard InChI is InChI=1S/C17H23N3O.2CH2O2/c1-19(2)11-14-4-3-5-15(10-14)12-20-8-7-18-17(20)16-6-9-21-13-16;2*2-1-3/h3-5,7-8,10,16H,6,9,11-13H2,1-2H3;2*1H,(H,2,3). The van der Waals surface area contributed by atoms with Gasteiger partial charge in [0.25, 0.3) is 12.9 Å². The predicted molar refractivity (Wildman–Crippen MR) is 101 cm³/mol. The highest BCUT2D eigenvalue weighted by atomic mass is 16.5. The molecule has 1 aromatic carbocycles. The summed E-state index contributed by atoms with van der Waals surface area (Å²) in [5, 5.41) is 13.8. The number of aromatic nitrogens is 2. The molecule has 3 rings (SSSR count). The fraction of sp³-hybridized carbons (Fsp3) is 0.421. The lowest BCUT2D eigenvalue weighted by atomic mass is 10.1. The smallest absolute Gasteiger partial charge is 0.290 e. The van der Waals surface area contributed by atoms with Crippen molar-refractivity contribution in [1.29, 1.82) is 0 Å². The van der Waals surface area contributed by atoms with Crippen molar-refractivity contribution in [1.82, 2.24) is 14.5 Å². The van der Waals surface area contributed by atoms with E-state index >= 15 is 0 Å². The Morgan fingerprint density at radius 2 is 1.93 bits per heavy atom. The van der Waals surface area contributed by atoms with Crippen LogP contribution in [0, 0.1) is 0 Å². The molecular formula is C19H27N3O5. The van der Waals surface area contributed by atoms with E-state index in [2.05, 4.69) is 59.0 Å². The summed E-state index contributed by atoms with van der Waals surface area (Å²) in [6, 6.07) is 8.80. The van der Waals surface area contributed by atoms with Crippen LogP contribution >= 0.6 is 0 Å². The van der Waals surface area contributed by atoms with Crippen LogP contribution in [-0.4, -0.2) is 64.9 Å². The molecule has 27 heavy (non-hydrogen) atoms. The largest absolute Gasteiger partial charge is 0.483 e. The minimum absolute atomic E-state index is 0.250. The number of ether oxygens (including phenoxy) is 1. The number of rotatable bonds is 5. The van der Waals surface area contributed by atoms with Gasteiger partial charge in [-0.1, -0.05) is 24.3 Å². The van der Waals surface area contributed by atoms with Crippen LogP contribution in [0.4, 0.5) is 0 Å². The number of imidazole rings is 1. The van der Waals surface area contributed by atoms with Gasteiger partial charge in [-0.3, -0.25) is 9.59 Å². The molecule has 1 atom stereocenters. The summed E-state index contributed by atoms with van der Waals surface area (Å²) in [7, 11) is 4.20. The monoisotopic (exact) mass is 377 g/mol. The Morgan fingerprint density at radius 1 is 1.26 bits per heavy atom. The van der Waals surface area contributed by atoms with Crippen LogP contribution in [0.5, 0.6) is 0 Å². The zero-order valence-electron chi connectivity index (χ0n) is 15.7. The molecular weight excluding hydrogens is 350 g/mol. The normalized spacial score (nSPS) is 15.3. The quantitative estimate of drug-likeness (QED) is 0.767. The van der Waals surface area contributed by atoms with Gasteiger partial charge in [0.1, 0.15) is 5.82 Å². The van der Waals surface area contributed by atoms with E-state index in [1.165, 1.54) is 11.1 Å². The molecule has 0 radical (unpaired) electrons. The van der Waals surface area contributed by atoms with Gasteiger partial charge < -0.3 is 24.4 Å². The van der Waals surface area contributed by atoms with Gasteiger partial charge in [0.2, 0.25) is 0 Å². The second-order valence-electron chi connectivity index (χ2n) is 6.24. The van der Waals surface area contributed by atoms with Gasteiger partial charge in [-0.05, 0) is 31.6 Å². The van der Waals surface area contributed by atoms with Gasteiger partial charge in [0.05, 0.1) is 6.61 Å². The summed E-state index contributed by atoms with van der Waals surface area (Å²) < 4.78 is 7.75. The van der Waals surface area contributed by atoms with Crippen LogP contribution in [0.2, 0.25) is 0 Å². The minimum atomic E-state index is -0.250. The number of benzene rings is 1. The first kappa shape index (κ1) is 22.3. The molecule has 0 aliphatic carbocycles. The molecule has 0 amide bonds. The van der Waals surface area contributed by atoms with Crippen LogP contribution in [0.25, 0.3) is 0 Å². The van der Waals surface area contributed by atoms with Crippen molar-refractivity contribution in [2.45, 2.75) is 25.4 Å². The van der Waals surface area contributed by atoms with E-state index in [0.717, 1.165) is 38.5 Å². The van der Waals surface area contributed by atoms with E-state index < -0.39 is 0 Å². The zero-order valence-corrected chi connectivity index (χ0v) is 15.7. The topological polar surface area (TPSA) is 105 Å². The molecule has 1 fully saturated rings. The fourth-order valence-electron chi connectivity index (χ4n) is 2.94. The van der Waals surface area contributed by atoms with Gasteiger partial charge in [-0.2, -0.15) is 0 Å². The molecule has 148 valence electrons. The Hall–Kier alpha value is -2.71. The van der Waals surface area contributed by atoms with Crippen molar-refractivity contribution in [3.63, 3.8) is 0 Å². The average Bonchev–Trinajstić information content (AvgIpc) is 3.27. The first-order chi connectivity index (χ1) is 13.0. The number of hydrogen-bond donors (Lipinski definition) is 2. The second-order valence-corrected chi connectivity index (χ2v) is 6.24. The Bertz CT molecular complexity index is 675. The highest BCUT2D eigenvalue weighted by Gasteiger charge is 2.22. The molecule has 8 nitrogen and oxygen atoms in total. The lowest BCUT2D eigenvalue weighted by Gasteiger charge is -2.14. The first-order valence-corrected chi connectivity index (χ1v) is 8.52. The van der Waals surface area contributed by atoms with E-state index in [9.17, 15) is 0 Å². The molecule has 0 spiro atoms. The van der Waals surface area contributed by atoms with Crippen LogP contribution in [0.15, 0.2) is 36.7 Å². The molecule has 2 N–H and O–H groups in total. The van der Waals surface area contributed by atoms with E-state index in [1.54, 1.807) is 0 Å². The average molecular weight is 377 g/mol. The molecule has 2 aromatic rings. The summed E-state index contributed by atoms with van der Waals surface area (Å²) in [6.07, 6.45) is 5.06. The van der Waals surface area contributed by atoms with Gasteiger partial charge in [-0.15, -0.1) is 0 Å². The lowest BCUT2D eigenvalue weighted by molar-refractivity contribution is -0.123. The predicted octanol–water partition coefficient (Wildman–Crippen LogP) is 1.90. The summed E-state index contributed by atoms with van der Waals surface area (Å²) in [5.74, 6) is 1.61. The molecule has 1 aliphatic rings. The van der Waals surface area contributed by atoms with Crippen molar-refractivity contribution < 1.29 is 24.5 Å². The van der Waals surface area contributed by atoms with E-state index in [0.29, 0.717) is 5.92 Å². The van der Waals surface area contributed by atoms with Crippen molar-refractivity contribution in [3.8, 4) is 0 Å². The van der Waals surface area contributed by atoms with E-state index in [4.69, 9.17) is 24.5 Å². The summed E-state index contributed by atoms with van der Waals surface area (Å²) >= 11 is 0. The number of carboxylic acid groups (broad SMARTS) is 2. The number of nitrogens with zero attached hydrogens (tertiary/aromatic N) is 3. The Kier molecular flexibility index (Phi) is 10.4. The molecule has 1 aliphatic heterocycles. The molecule has 0 bridgehead atoms. The van der Waals surface area contributed by atoms with Crippen LogP contribution in [-0.2, 0) is 27.4 Å². The van der Waals surface area contributed by atoms with Crippen molar-refractivity contribution in [2.24, 2.45) is 0 Å². The molecule has 1 aromatic heterocycles. The van der Waals surface area contributed by atoms with Gasteiger partial charge in [-0.25, -0.2) is 4.98 Å². The maximum atomic E-state index is 8.36. The maximum absolute atomic E-state index is 8.36. The van der Waals surface area contributed by atoms with Crippen molar-refractivity contribution >= 4 is 12.9 Å². The third-order valence-corrected chi connectivity index (χ3v) is 3.89. The lowest BCUT2D eigenvalue weighted by Crippen LogP contribution is -2.12. The summed E-state index contributed by atoms with van der Waals surface area (Å²) in [6.45, 7) is 3.02. The van der Waals surface area contributed by atoms with Crippen LogP contribution in [0.1, 0.15) is 29.3 Å². The molecule has 8 heteroatoms. The highest BCUT2D eigenvalue weighted by Crippen LogP contribution is 2.24. The molecule has 1 saturated heterocycles. The number of carbonyl (C=O) groups is 2. The van der Waals surface area contributed by atoms with Crippen LogP contribution < -0.4 is 0 Å². The zero-order chi connectivity index (χ0) is 20.1. The molecule has 1 unspecified atom stereocenters. The maximum Gasteiger partial charge on any atom is 0.290 e. The van der Waals surface area contributed by atoms with Crippen molar-refractivity contribution in [3.05, 3.63) is 53.6 Å². The minimum Gasteiger partial charge on any atom is -0.483 e. The fourth-order valence-corrected chi connectivity index (χ4v) is 2.94. The summed E-state index contributed by atoms with van der Waals surface area (Å²) in [4.78, 5) is 23.5. The molecule has 2 heterocycles. The van der Waals surface area contributed by atoms with E-state index in [1.807, 2.05) is 6.20 Å². The van der Waals surface area contributed by atoms with Gasteiger partial charge >= 0.3 is 0 Å². The van der Waals surface area contributed by atoms with E-state index in [-0.39, 0.29) is 12.9 Å². The molecule has 0 saturated carbocycles. The van der Waals surface area contributed by atoms with Crippen LogP contribution in [0.3, 0.4) is 0 Å². The van der Waals surface area contributed by atoms with Gasteiger partial charge in [0, 0.05) is 38.0 Å².